The van der Waals surface area contributed by atoms with Crippen molar-refractivity contribution in [3.05, 3.63) is 95.1 Å². The Morgan fingerprint density at radius 2 is 1.56 bits per heavy atom. The van der Waals surface area contributed by atoms with Crippen LogP contribution in [-0.2, 0) is 21.4 Å². The van der Waals surface area contributed by atoms with Crippen molar-refractivity contribution in [3.8, 4) is 0 Å². The van der Waals surface area contributed by atoms with Crippen LogP contribution in [0.5, 0.6) is 0 Å². The first-order valence-corrected chi connectivity index (χ1v) is 12.1. The highest BCUT2D eigenvalue weighted by atomic mass is 32.2. The van der Waals surface area contributed by atoms with Gasteiger partial charge in [-0.2, -0.15) is 0 Å². The Hall–Kier alpha value is -3.12. The topological polar surface area (TPSA) is 66.5 Å². The lowest BCUT2D eigenvalue weighted by Gasteiger charge is -2.25. The minimum Gasteiger partial charge on any atom is -0.350 e. The predicted octanol–water partition coefficient (Wildman–Crippen LogP) is 4.94. The number of nitrogens with one attached hydrogen (secondary N) is 1. The Balaban J connectivity index is 1.82. The van der Waals surface area contributed by atoms with E-state index in [0.29, 0.717) is 18.2 Å². The van der Waals surface area contributed by atoms with E-state index < -0.39 is 10.0 Å². The molecule has 0 atom stereocenters. The summed E-state index contributed by atoms with van der Waals surface area (Å²) in [4.78, 5) is 12.9. The summed E-state index contributed by atoms with van der Waals surface area (Å²) in [7, 11) is -3.90. The normalized spacial score (nSPS) is 11.4. The first-order chi connectivity index (χ1) is 15.2. The van der Waals surface area contributed by atoms with Gasteiger partial charge in [-0.3, -0.25) is 9.10 Å². The van der Waals surface area contributed by atoms with Gasteiger partial charge in [-0.1, -0.05) is 62.4 Å². The summed E-state index contributed by atoms with van der Waals surface area (Å²) in [6.45, 7) is 8.18. The molecule has 1 N–H and O–H groups in total. The van der Waals surface area contributed by atoms with Crippen molar-refractivity contribution in [1.82, 2.24) is 5.32 Å². The minimum absolute atomic E-state index is 0.148. The number of amides is 1. The fourth-order valence-corrected chi connectivity index (χ4v) is 4.76. The fraction of sp³-hybridized carbons (Fsp3) is 0.269. The summed E-state index contributed by atoms with van der Waals surface area (Å²) in [6, 6.07) is 21.7. The highest BCUT2D eigenvalue weighted by molar-refractivity contribution is 7.92. The number of benzene rings is 3. The van der Waals surface area contributed by atoms with Gasteiger partial charge in [-0.15, -0.1) is 0 Å². The molecule has 0 heterocycles. The lowest BCUT2D eigenvalue weighted by molar-refractivity contribution is -0.119. The van der Waals surface area contributed by atoms with Gasteiger partial charge in [0.25, 0.3) is 10.0 Å². The van der Waals surface area contributed by atoms with Crippen LogP contribution in [0.3, 0.4) is 0 Å². The summed E-state index contributed by atoms with van der Waals surface area (Å²) in [5.41, 5.74) is 4.68. The van der Waals surface area contributed by atoms with E-state index in [0.717, 1.165) is 16.7 Å². The molecule has 6 heteroatoms. The maximum atomic E-state index is 13.4. The first kappa shape index (κ1) is 23.5. The van der Waals surface area contributed by atoms with Gasteiger partial charge in [0.1, 0.15) is 6.54 Å². The third kappa shape index (κ3) is 5.56. The second-order valence-electron chi connectivity index (χ2n) is 8.27. The molecular formula is C26H30N2O3S. The first-order valence-electron chi connectivity index (χ1n) is 10.7. The lowest BCUT2D eigenvalue weighted by atomic mass is 10.0. The maximum absolute atomic E-state index is 13.4. The van der Waals surface area contributed by atoms with Crippen LogP contribution >= 0.6 is 0 Å². The number of carbonyl (C=O) groups is 1. The standard InChI is InChI=1S/C26H30N2O3S/c1-19(2)23-13-11-22(12-14-23)17-27-26(29)18-28(24-15-10-20(3)21(4)16-24)32(30,31)25-8-6-5-7-9-25/h5-16,19H,17-18H2,1-4H3,(H,27,29). The van der Waals surface area contributed by atoms with Crippen LogP contribution < -0.4 is 9.62 Å². The third-order valence-corrected chi connectivity index (χ3v) is 7.32. The van der Waals surface area contributed by atoms with E-state index in [9.17, 15) is 13.2 Å². The van der Waals surface area contributed by atoms with Gasteiger partial charge in [0, 0.05) is 6.54 Å². The van der Waals surface area contributed by atoms with Crippen molar-refractivity contribution in [1.29, 1.82) is 0 Å². The average molecular weight is 451 g/mol. The number of anilines is 1. The van der Waals surface area contributed by atoms with Crippen molar-refractivity contribution in [3.63, 3.8) is 0 Å². The molecule has 0 fully saturated rings. The van der Waals surface area contributed by atoms with Crippen LogP contribution in [0.15, 0.2) is 77.7 Å². The van der Waals surface area contributed by atoms with Crippen LogP contribution in [-0.4, -0.2) is 20.9 Å². The Morgan fingerprint density at radius 1 is 0.906 bits per heavy atom. The molecule has 0 aliphatic carbocycles. The molecule has 0 aliphatic heterocycles. The van der Waals surface area contributed by atoms with E-state index >= 15 is 0 Å². The molecule has 0 saturated carbocycles. The molecule has 0 bridgehead atoms. The average Bonchev–Trinajstić information content (AvgIpc) is 2.78. The van der Waals surface area contributed by atoms with Crippen molar-refractivity contribution >= 4 is 21.6 Å². The van der Waals surface area contributed by atoms with Crippen molar-refractivity contribution in [2.45, 2.75) is 45.1 Å². The van der Waals surface area contributed by atoms with Gasteiger partial charge in [-0.05, 0) is 66.3 Å². The molecule has 0 aromatic heterocycles. The summed E-state index contributed by atoms with van der Waals surface area (Å²) >= 11 is 0. The SMILES string of the molecule is Cc1ccc(N(CC(=O)NCc2ccc(C(C)C)cc2)S(=O)(=O)c2ccccc2)cc1C. The van der Waals surface area contributed by atoms with E-state index in [1.165, 1.54) is 22.0 Å². The lowest BCUT2D eigenvalue weighted by Crippen LogP contribution is -2.40. The van der Waals surface area contributed by atoms with Crippen LogP contribution in [0.25, 0.3) is 0 Å². The zero-order valence-electron chi connectivity index (χ0n) is 19.0. The molecule has 3 rings (SSSR count). The van der Waals surface area contributed by atoms with Gasteiger partial charge >= 0.3 is 0 Å². The summed E-state index contributed by atoms with van der Waals surface area (Å²) < 4.78 is 27.9. The molecule has 0 unspecified atom stereocenters. The third-order valence-electron chi connectivity index (χ3n) is 5.53. The Morgan fingerprint density at radius 3 is 2.16 bits per heavy atom. The number of carbonyl (C=O) groups excluding carboxylic acids is 1. The summed E-state index contributed by atoms with van der Waals surface area (Å²) in [6.07, 6.45) is 0. The predicted molar refractivity (Wildman–Crippen MR) is 129 cm³/mol. The van der Waals surface area contributed by atoms with Crippen molar-refractivity contribution in [2.75, 3.05) is 10.8 Å². The monoisotopic (exact) mass is 450 g/mol. The molecule has 0 saturated heterocycles. The second-order valence-corrected chi connectivity index (χ2v) is 10.1. The Labute approximate surface area is 191 Å². The highest BCUT2D eigenvalue weighted by Gasteiger charge is 2.27. The van der Waals surface area contributed by atoms with Gasteiger partial charge < -0.3 is 5.32 Å². The van der Waals surface area contributed by atoms with Crippen molar-refractivity contribution in [2.24, 2.45) is 0 Å². The fourth-order valence-electron chi connectivity index (χ4n) is 3.32. The van der Waals surface area contributed by atoms with Crippen LogP contribution in [0.1, 0.15) is 42.0 Å². The smallest absolute Gasteiger partial charge is 0.264 e. The summed E-state index contributed by atoms with van der Waals surface area (Å²) in [5, 5.41) is 2.85. The van der Waals surface area contributed by atoms with E-state index in [4.69, 9.17) is 0 Å². The van der Waals surface area contributed by atoms with E-state index in [-0.39, 0.29) is 17.3 Å². The molecule has 3 aromatic rings. The maximum Gasteiger partial charge on any atom is 0.264 e. The number of nitrogens with zero attached hydrogens (tertiary/aromatic N) is 1. The van der Waals surface area contributed by atoms with Crippen LogP contribution in [0.2, 0.25) is 0 Å². The second kappa shape index (κ2) is 10.0. The van der Waals surface area contributed by atoms with Gasteiger partial charge in [0.15, 0.2) is 0 Å². The summed E-state index contributed by atoms with van der Waals surface area (Å²) in [5.74, 6) is 0.0732. The minimum atomic E-state index is -3.90. The zero-order chi connectivity index (χ0) is 23.3. The van der Waals surface area contributed by atoms with Gasteiger partial charge in [0.05, 0.1) is 10.6 Å². The van der Waals surface area contributed by atoms with E-state index in [2.05, 4.69) is 19.2 Å². The van der Waals surface area contributed by atoms with E-state index in [1.807, 2.05) is 44.2 Å². The zero-order valence-corrected chi connectivity index (χ0v) is 19.8. The molecule has 0 radical (unpaired) electrons. The largest absolute Gasteiger partial charge is 0.350 e. The van der Waals surface area contributed by atoms with Gasteiger partial charge in [0.2, 0.25) is 5.91 Å². The van der Waals surface area contributed by atoms with Gasteiger partial charge in [-0.25, -0.2) is 8.42 Å². The Kier molecular flexibility index (Phi) is 7.36. The molecule has 168 valence electrons. The van der Waals surface area contributed by atoms with Crippen LogP contribution in [0, 0.1) is 13.8 Å². The quantitative estimate of drug-likeness (QED) is 0.529. The molecule has 0 spiro atoms. The highest BCUT2D eigenvalue weighted by Crippen LogP contribution is 2.25. The molecular weight excluding hydrogens is 420 g/mol. The van der Waals surface area contributed by atoms with Crippen molar-refractivity contribution < 1.29 is 13.2 Å². The molecule has 3 aromatic carbocycles. The number of hydrogen-bond acceptors (Lipinski definition) is 3. The number of rotatable bonds is 8. The van der Waals surface area contributed by atoms with Crippen LogP contribution in [0.4, 0.5) is 5.69 Å². The molecule has 0 aliphatic rings. The number of hydrogen-bond donors (Lipinski definition) is 1. The molecule has 1 amide bonds. The molecule has 32 heavy (non-hydrogen) atoms. The number of aryl methyl sites for hydroxylation is 2. The molecule has 5 nitrogen and oxygen atoms in total. The Bertz CT molecular complexity index is 1170. The van der Waals surface area contributed by atoms with E-state index in [1.54, 1.807) is 30.3 Å². The number of sulfonamides is 1.